The molecule has 0 unspecified atom stereocenters. The lowest BCUT2D eigenvalue weighted by Gasteiger charge is -2.36. The molecule has 0 fully saturated rings. The van der Waals surface area contributed by atoms with Crippen molar-refractivity contribution in [3.63, 3.8) is 0 Å². The predicted molar refractivity (Wildman–Crippen MR) is 233 cm³/mol. The molecular weight excluding hydrogens is 717 g/mol. The van der Waals surface area contributed by atoms with Gasteiger partial charge < -0.3 is 0 Å². The number of rotatable bonds is 37. The molecule has 0 aliphatic heterocycles. The van der Waals surface area contributed by atoms with E-state index in [-0.39, 0.29) is 0 Å². The molecule has 0 N–H and O–H groups in total. The van der Waals surface area contributed by atoms with Crippen molar-refractivity contribution in [1.29, 1.82) is 0 Å². The molecule has 314 valence electrons. The van der Waals surface area contributed by atoms with E-state index in [9.17, 15) is 0 Å². The number of nitrogens with zero attached hydrogens (tertiary/aromatic N) is 2. The van der Waals surface area contributed by atoms with E-state index in [0.29, 0.717) is 39.6 Å². The summed E-state index contributed by atoms with van der Waals surface area (Å²) in [6, 6.07) is 8.84. The largest absolute Gasteiger partial charge is 0.293 e. The van der Waals surface area contributed by atoms with Crippen LogP contribution < -0.4 is 0 Å². The minimum atomic E-state index is -1.83. The zero-order valence-corrected chi connectivity index (χ0v) is 37.1. The number of aromatic nitrogens is 2. The van der Waals surface area contributed by atoms with Gasteiger partial charge in [0, 0.05) is 23.9 Å². The maximum atomic E-state index is 5.94. The summed E-state index contributed by atoms with van der Waals surface area (Å²) in [5, 5.41) is 0. The van der Waals surface area contributed by atoms with Crippen LogP contribution in [-0.4, -0.2) is 61.1 Å². The molecule has 0 bridgehead atoms. The van der Waals surface area contributed by atoms with Gasteiger partial charge in [0.15, 0.2) is 0 Å². The number of hydrogen-bond donors (Lipinski definition) is 0. The normalized spacial score (nSPS) is 12.8. The molecule has 8 nitrogen and oxygen atoms in total. The molecular formula is C44H80N2O6S2. The molecule has 54 heavy (non-hydrogen) atoms. The second kappa shape index (κ2) is 31.8. The first-order valence-corrected chi connectivity index (χ1v) is 25.0. The lowest BCUT2D eigenvalue weighted by Crippen LogP contribution is -2.16. The van der Waals surface area contributed by atoms with Gasteiger partial charge in [-0.2, -0.15) is 0 Å². The van der Waals surface area contributed by atoms with Crippen LogP contribution in [-0.2, 0) is 37.9 Å². The molecule has 2 aromatic rings. The Morgan fingerprint density at radius 3 is 0.907 bits per heavy atom. The summed E-state index contributed by atoms with van der Waals surface area (Å²) in [6.07, 6.45) is 28.9. The van der Waals surface area contributed by atoms with E-state index >= 15 is 0 Å². The summed E-state index contributed by atoms with van der Waals surface area (Å²) < 4.78 is 35.6. The Kier molecular flexibility index (Phi) is 28.8. The molecule has 0 aromatic carbocycles. The highest BCUT2D eigenvalue weighted by atomic mass is 32.3. The van der Waals surface area contributed by atoms with E-state index in [1.807, 2.05) is 53.9 Å². The van der Waals surface area contributed by atoms with Crippen LogP contribution in [0, 0.1) is 0 Å². The smallest absolute Gasteiger partial charge is 0.0888 e. The van der Waals surface area contributed by atoms with Gasteiger partial charge in [-0.05, 0) is 115 Å². The summed E-state index contributed by atoms with van der Waals surface area (Å²) >= 11 is 0. The number of hydrogen-bond acceptors (Lipinski definition) is 8. The molecule has 0 amide bonds. The van der Waals surface area contributed by atoms with Crippen molar-refractivity contribution >= 4 is 21.7 Å². The van der Waals surface area contributed by atoms with Crippen LogP contribution in [0.1, 0.15) is 168 Å². The molecule has 2 heterocycles. The lowest BCUT2D eigenvalue weighted by atomic mass is 10.0. The SMILES string of the molecule is CCOS(CCCCCCCCCCCCc1ccnc(-c2cc(CCCCCCCCCCS(OCC)(OCC)OCC)ccn2)c1)(OCC)OCC. The molecule has 10 heteroatoms. The van der Waals surface area contributed by atoms with Gasteiger partial charge in [0.1, 0.15) is 0 Å². The van der Waals surface area contributed by atoms with Crippen molar-refractivity contribution in [3.8, 4) is 11.4 Å². The molecule has 0 aliphatic carbocycles. The van der Waals surface area contributed by atoms with Gasteiger partial charge in [0.25, 0.3) is 0 Å². The van der Waals surface area contributed by atoms with Gasteiger partial charge in [-0.25, -0.2) is 0 Å². The average molecular weight is 797 g/mol. The van der Waals surface area contributed by atoms with Crippen molar-refractivity contribution in [1.82, 2.24) is 9.97 Å². The predicted octanol–water partition coefficient (Wildman–Crippen LogP) is 13.6. The van der Waals surface area contributed by atoms with Crippen LogP contribution in [0.15, 0.2) is 36.7 Å². The molecule has 2 aromatic heterocycles. The molecule has 0 spiro atoms. The topological polar surface area (TPSA) is 81.2 Å². The minimum absolute atomic E-state index is 0.633. The highest BCUT2D eigenvalue weighted by Gasteiger charge is 2.26. The van der Waals surface area contributed by atoms with Gasteiger partial charge in [-0.1, -0.05) is 89.9 Å². The third-order valence-corrected chi connectivity index (χ3v) is 14.6. The minimum Gasteiger partial charge on any atom is -0.293 e. The monoisotopic (exact) mass is 797 g/mol. The third-order valence-electron chi connectivity index (χ3n) is 9.42. The summed E-state index contributed by atoms with van der Waals surface area (Å²) in [5.74, 6) is 1.76. The molecule has 0 radical (unpaired) electrons. The van der Waals surface area contributed by atoms with Crippen molar-refractivity contribution < 1.29 is 25.1 Å². The van der Waals surface area contributed by atoms with Gasteiger partial charge in [-0.3, -0.25) is 35.1 Å². The van der Waals surface area contributed by atoms with Crippen molar-refractivity contribution in [2.24, 2.45) is 0 Å². The van der Waals surface area contributed by atoms with Crippen LogP contribution in [0.2, 0.25) is 0 Å². The van der Waals surface area contributed by atoms with E-state index in [1.165, 1.54) is 114 Å². The maximum Gasteiger partial charge on any atom is 0.0888 e. The fraction of sp³-hybridized carbons (Fsp3) is 0.773. The average Bonchev–Trinajstić information content (AvgIpc) is 3.17. The highest BCUT2D eigenvalue weighted by Crippen LogP contribution is 2.53. The highest BCUT2D eigenvalue weighted by molar-refractivity contribution is 8.22. The van der Waals surface area contributed by atoms with Gasteiger partial charge in [0.2, 0.25) is 0 Å². The first-order chi connectivity index (χ1) is 26.5. The second-order valence-corrected chi connectivity index (χ2v) is 18.4. The molecule has 0 saturated heterocycles. The Bertz CT molecular complexity index is 1140. The fourth-order valence-electron chi connectivity index (χ4n) is 6.87. The quantitative estimate of drug-likeness (QED) is 0.0625. The van der Waals surface area contributed by atoms with Crippen molar-refractivity contribution in [2.75, 3.05) is 51.1 Å². The molecule has 0 aliphatic rings. The number of pyridine rings is 2. The van der Waals surface area contributed by atoms with E-state index in [4.69, 9.17) is 25.1 Å². The molecule has 2 rings (SSSR count). The van der Waals surface area contributed by atoms with Gasteiger partial charge >= 0.3 is 0 Å². The van der Waals surface area contributed by atoms with Crippen LogP contribution in [0.4, 0.5) is 0 Å². The molecule has 0 atom stereocenters. The third kappa shape index (κ3) is 21.3. The number of aryl methyl sites for hydroxylation is 2. The number of unbranched alkanes of at least 4 members (excludes halogenated alkanes) is 16. The Morgan fingerprint density at radius 2 is 0.630 bits per heavy atom. The van der Waals surface area contributed by atoms with Crippen LogP contribution in [0.5, 0.6) is 0 Å². The van der Waals surface area contributed by atoms with E-state index in [2.05, 4.69) is 34.2 Å². The van der Waals surface area contributed by atoms with E-state index in [0.717, 1.165) is 48.6 Å². The molecule has 0 saturated carbocycles. The Morgan fingerprint density at radius 1 is 0.370 bits per heavy atom. The summed E-state index contributed by atoms with van der Waals surface area (Å²) in [6.45, 7) is 15.9. The zero-order chi connectivity index (χ0) is 39.0. The second-order valence-electron chi connectivity index (χ2n) is 13.9. The first-order valence-electron chi connectivity index (χ1n) is 21.9. The fourth-order valence-corrected chi connectivity index (χ4v) is 11.3. The van der Waals surface area contributed by atoms with Crippen molar-refractivity contribution in [2.45, 2.75) is 170 Å². The van der Waals surface area contributed by atoms with Gasteiger partial charge in [0.05, 0.1) is 72.8 Å². The van der Waals surface area contributed by atoms with Gasteiger partial charge in [-0.15, -0.1) is 0 Å². The van der Waals surface area contributed by atoms with Crippen LogP contribution in [0.25, 0.3) is 11.4 Å². The Labute approximate surface area is 335 Å². The van der Waals surface area contributed by atoms with Crippen molar-refractivity contribution in [3.05, 3.63) is 47.8 Å². The zero-order valence-electron chi connectivity index (χ0n) is 35.4. The standard InChI is InChI=1S/C44H80N2O6S2/c1-7-47-53(48-8-2,49-9-3)37-29-25-21-17-14-13-15-19-23-27-31-41-33-35-45-43(39-41)44-40-42(34-36-46-44)32-28-24-20-16-18-22-26-30-38-54(50-10-4,51-11-5)52-12-6/h33-36,39-40H,7-32,37-38H2,1-6H3. The summed E-state index contributed by atoms with van der Waals surface area (Å²) in [4.78, 5) is 9.37. The van der Waals surface area contributed by atoms with Crippen LogP contribution in [0.3, 0.4) is 0 Å². The Hall–Kier alpha value is -1.24. The lowest BCUT2D eigenvalue weighted by molar-refractivity contribution is 0.184. The summed E-state index contributed by atoms with van der Waals surface area (Å²) in [7, 11) is -3.65. The van der Waals surface area contributed by atoms with Crippen LogP contribution >= 0.6 is 21.7 Å². The first kappa shape index (κ1) is 48.9. The Balaban J connectivity index is 1.56. The summed E-state index contributed by atoms with van der Waals surface area (Å²) in [5.41, 5.74) is 4.73. The van der Waals surface area contributed by atoms with E-state index < -0.39 is 21.7 Å². The van der Waals surface area contributed by atoms with E-state index in [1.54, 1.807) is 0 Å². The maximum absolute atomic E-state index is 5.94.